The highest BCUT2D eigenvalue weighted by atomic mass is 32.2. The lowest BCUT2D eigenvalue weighted by atomic mass is 9.94. The molecule has 0 spiro atoms. The number of aromatic nitrogens is 2. The third-order valence-electron chi connectivity index (χ3n) is 6.84. The van der Waals surface area contributed by atoms with Crippen LogP contribution in [0.15, 0.2) is 58.3 Å². The minimum Gasteiger partial charge on any atom is -0.381 e. The maximum Gasteiger partial charge on any atom is 0.250 e. The zero-order chi connectivity index (χ0) is 28.6. The lowest BCUT2D eigenvalue weighted by molar-refractivity contribution is 0.0904. The van der Waals surface area contributed by atoms with Gasteiger partial charge in [0.1, 0.15) is 17.3 Å². The van der Waals surface area contributed by atoms with Gasteiger partial charge in [-0.3, -0.25) is 9.89 Å². The van der Waals surface area contributed by atoms with Crippen LogP contribution >= 0.6 is 0 Å². The van der Waals surface area contributed by atoms with E-state index in [0.29, 0.717) is 53.7 Å². The van der Waals surface area contributed by atoms with E-state index in [1.54, 1.807) is 18.2 Å². The number of halogens is 2. The van der Waals surface area contributed by atoms with E-state index in [2.05, 4.69) is 15.5 Å². The topological polar surface area (TPSA) is 130 Å². The van der Waals surface area contributed by atoms with Crippen LogP contribution in [0, 0.1) is 11.6 Å². The Kier molecular flexibility index (Phi) is 7.58. The Morgan fingerprint density at radius 2 is 1.77 bits per heavy atom. The van der Waals surface area contributed by atoms with Crippen molar-refractivity contribution in [3.8, 4) is 11.3 Å². The first-order chi connectivity index (χ1) is 19.0. The van der Waals surface area contributed by atoms with Crippen LogP contribution in [-0.4, -0.2) is 62.8 Å². The van der Waals surface area contributed by atoms with Gasteiger partial charge in [-0.05, 0) is 68.9 Å². The van der Waals surface area contributed by atoms with Crippen LogP contribution in [0.25, 0.3) is 22.2 Å². The number of aromatic amines is 1. The summed E-state index contributed by atoms with van der Waals surface area (Å²) >= 11 is 0. The number of nitrogens with two attached hydrogens (primary N) is 1. The lowest BCUT2D eigenvalue weighted by Gasteiger charge is -2.27. The quantitative estimate of drug-likeness (QED) is 0.291. The molecular weight excluding hydrogens is 540 g/mol. The molecule has 0 atom stereocenters. The van der Waals surface area contributed by atoms with Crippen LogP contribution < -0.4 is 11.1 Å². The van der Waals surface area contributed by atoms with Crippen molar-refractivity contribution in [3.63, 3.8) is 0 Å². The molecule has 4 N–H and O–H groups in total. The number of nitrogens with zero attached hydrogens (tertiary/aromatic N) is 2. The second-order valence-corrected chi connectivity index (χ2v) is 12.0. The summed E-state index contributed by atoms with van der Waals surface area (Å²) in [5, 5.41) is 11.4. The summed E-state index contributed by atoms with van der Waals surface area (Å²) in [6.07, 6.45) is 1.45. The van der Waals surface area contributed by atoms with E-state index in [4.69, 9.17) is 10.5 Å². The number of primary amides is 1. The molecule has 0 radical (unpaired) electrons. The Balaban J connectivity index is 1.72. The molecule has 2 heterocycles. The zero-order valence-corrected chi connectivity index (χ0v) is 22.8. The molecule has 1 saturated heterocycles. The number of sulfone groups is 1. The highest BCUT2D eigenvalue weighted by Crippen LogP contribution is 2.39. The van der Waals surface area contributed by atoms with Crippen molar-refractivity contribution in [2.75, 3.05) is 32.6 Å². The van der Waals surface area contributed by atoms with Crippen molar-refractivity contribution in [2.45, 2.75) is 35.2 Å². The number of amides is 1. The predicted octanol–water partition coefficient (Wildman–Crippen LogP) is 4.09. The number of anilines is 1. The molecule has 1 aliphatic rings. The molecule has 9 nitrogen and oxygen atoms in total. The lowest BCUT2D eigenvalue weighted by Crippen LogP contribution is -2.29. The van der Waals surface area contributed by atoms with Crippen molar-refractivity contribution in [1.82, 2.24) is 15.1 Å². The van der Waals surface area contributed by atoms with Crippen molar-refractivity contribution in [3.05, 3.63) is 71.3 Å². The molecule has 3 aromatic carbocycles. The number of rotatable bonds is 8. The molecule has 1 aliphatic heterocycles. The standard InChI is InChI=1S/C28H29F2N5O4S/c1-35(2)15-16-3-5-22(28(31)36)26(32-19-7-9-39-10-8-19)25(16)27-23-14-20(4-6-24(23)33-34-27)40(37,38)21-12-17(29)11-18(30)13-21/h3-6,11-14,19,32H,7-10,15H2,1-2H3,(H2,31,36)(H,33,34). The van der Waals surface area contributed by atoms with E-state index in [1.165, 1.54) is 12.1 Å². The smallest absolute Gasteiger partial charge is 0.250 e. The van der Waals surface area contributed by atoms with Gasteiger partial charge in [0, 0.05) is 42.8 Å². The van der Waals surface area contributed by atoms with Gasteiger partial charge in [-0.15, -0.1) is 0 Å². The fraction of sp³-hybridized carbons (Fsp3) is 0.286. The van der Waals surface area contributed by atoms with Gasteiger partial charge in [-0.25, -0.2) is 17.2 Å². The third kappa shape index (κ3) is 5.42. The Bertz CT molecular complexity index is 1680. The molecule has 1 amide bonds. The highest BCUT2D eigenvalue weighted by Gasteiger charge is 2.26. The molecule has 1 aromatic heterocycles. The minimum absolute atomic E-state index is 0.0178. The van der Waals surface area contributed by atoms with E-state index in [1.807, 2.05) is 19.0 Å². The summed E-state index contributed by atoms with van der Waals surface area (Å²) in [6, 6.07) is 9.98. The van der Waals surface area contributed by atoms with Crippen LogP contribution in [0.5, 0.6) is 0 Å². The predicted molar refractivity (Wildman–Crippen MR) is 147 cm³/mol. The summed E-state index contributed by atoms with van der Waals surface area (Å²) in [7, 11) is -0.458. The number of hydrogen-bond acceptors (Lipinski definition) is 7. The van der Waals surface area contributed by atoms with E-state index in [-0.39, 0.29) is 16.5 Å². The van der Waals surface area contributed by atoms with Crippen LogP contribution in [-0.2, 0) is 21.1 Å². The van der Waals surface area contributed by atoms with E-state index in [9.17, 15) is 22.0 Å². The summed E-state index contributed by atoms with van der Waals surface area (Å²) in [6.45, 7) is 1.64. The van der Waals surface area contributed by atoms with Gasteiger partial charge in [0.05, 0.1) is 26.6 Å². The highest BCUT2D eigenvalue weighted by molar-refractivity contribution is 7.91. The minimum atomic E-state index is -4.27. The summed E-state index contributed by atoms with van der Waals surface area (Å²) in [5.41, 5.74) is 8.96. The number of fused-ring (bicyclic) bond motifs is 1. The van der Waals surface area contributed by atoms with Crippen molar-refractivity contribution in [2.24, 2.45) is 5.73 Å². The van der Waals surface area contributed by atoms with Crippen LogP contribution in [0.2, 0.25) is 0 Å². The van der Waals surface area contributed by atoms with Crippen molar-refractivity contribution in [1.29, 1.82) is 0 Å². The van der Waals surface area contributed by atoms with E-state index < -0.39 is 32.3 Å². The Hall–Kier alpha value is -3.87. The van der Waals surface area contributed by atoms with Crippen molar-refractivity contribution >= 4 is 32.3 Å². The molecule has 210 valence electrons. The Morgan fingerprint density at radius 3 is 2.42 bits per heavy atom. The monoisotopic (exact) mass is 569 g/mol. The Morgan fingerprint density at radius 1 is 1.07 bits per heavy atom. The number of benzene rings is 3. The molecule has 1 fully saturated rings. The SMILES string of the molecule is CN(C)Cc1ccc(C(N)=O)c(NC2CCOCC2)c1-c1n[nH]c2ccc(S(=O)(=O)c3cc(F)cc(F)c3)cc12. The largest absolute Gasteiger partial charge is 0.381 e. The normalized spacial score (nSPS) is 14.6. The number of carbonyl (C=O) groups is 1. The molecule has 4 aromatic rings. The maximum atomic E-state index is 13.9. The first kappa shape index (κ1) is 27.7. The zero-order valence-electron chi connectivity index (χ0n) is 22.0. The van der Waals surface area contributed by atoms with Crippen LogP contribution in [0.4, 0.5) is 14.5 Å². The summed E-state index contributed by atoms with van der Waals surface area (Å²) in [5.74, 6) is -2.61. The summed E-state index contributed by atoms with van der Waals surface area (Å²) < 4.78 is 60.0. The van der Waals surface area contributed by atoms with Gasteiger partial charge in [-0.1, -0.05) is 6.07 Å². The number of ether oxygens (including phenoxy) is 1. The average molecular weight is 570 g/mol. The number of carbonyl (C=O) groups excluding carboxylic acids is 1. The molecule has 0 saturated carbocycles. The summed E-state index contributed by atoms with van der Waals surface area (Å²) in [4.78, 5) is 13.9. The van der Waals surface area contributed by atoms with Crippen molar-refractivity contribution < 1.29 is 26.7 Å². The Labute approximate surface area is 230 Å². The molecule has 0 unspecified atom stereocenters. The molecule has 0 bridgehead atoms. The third-order valence-corrected chi connectivity index (χ3v) is 8.57. The van der Waals surface area contributed by atoms with Gasteiger partial charge < -0.3 is 20.7 Å². The van der Waals surface area contributed by atoms with Gasteiger partial charge in [0.2, 0.25) is 9.84 Å². The molecule has 0 aliphatic carbocycles. The molecule has 5 rings (SSSR count). The first-order valence-electron chi connectivity index (χ1n) is 12.7. The second kappa shape index (κ2) is 11.0. The molecular formula is C28H29F2N5O4S. The second-order valence-electron chi connectivity index (χ2n) is 10.0. The fourth-order valence-electron chi connectivity index (χ4n) is 4.96. The maximum absolute atomic E-state index is 13.9. The van der Waals surface area contributed by atoms with Gasteiger partial charge >= 0.3 is 0 Å². The average Bonchev–Trinajstić information content (AvgIpc) is 3.31. The van der Waals surface area contributed by atoms with Gasteiger partial charge in [-0.2, -0.15) is 5.10 Å². The number of H-pyrrole nitrogens is 1. The van der Waals surface area contributed by atoms with Crippen LogP contribution in [0.1, 0.15) is 28.8 Å². The van der Waals surface area contributed by atoms with Crippen LogP contribution in [0.3, 0.4) is 0 Å². The van der Waals surface area contributed by atoms with Gasteiger partial charge in [0.25, 0.3) is 5.91 Å². The fourth-order valence-corrected chi connectivity index (χ4v) is 6.29. The van der Waals surface area contributed by atoms with E-state index >= 15 is 0 Å². The number of hydrogen-bond donors (Lipinski definition) is 3. The number of nitrogens with one attached hydrogen (secondary N) is 2. The van der Waals surface area contributed by atoms with Gasteiger partial charge in [0.15, 0.2) is 0 Å². The molecule has 12 heteroatoms. The van der Waals surface area contributed by atoms with E-state index in [0.717, 1.165) is 30.5 Å². The first-order valence-corrected chi connectivity index (χ1v) is 14.2. The molecule has 40 heavy (non-hydrogen) atoms.